The molecule has 0 saturated heterocycles. The van der Waals surface area contributed by atoms with Crippen molar-refractivity contribution in [1.29, 1.82) is 0 Å². The van der Waals surface area contributed by atoms with Gasteiger partial charge >= 0.3 is 6.09 Å². The summed E-state index contributed by atoms with van der Waals surface area (Å²) in [6, 6.07) is 0. The minimum Gasteiger partial charge on any atom is -0.447 e. The minimum absolute atomic E-state index is 0.0356. The Bertz CT molecular complexity index is 163. The van der Waals surface area contributed by atoms with Crippen molar-refractivity contribution in [3.8, 4) is 0 Å². The van der Waals surface area contributed by atoms with Gasteiger partial charge in [0.25, 0.3) is 0 Å². The minimum atomic E-state index is -0.297. The van der Waals surface area contributed by atoms with Crippen molar-refractivity contribution < 1.29 is 9.53 Å². The molecule has 0 aliphatic heterocycles. The van der Waals surface area contributed by atoms with E-state index in [0.717, 1.165) is 13.0 Å². The molecule has 0 spiro atoms. The van der Waals surface area contributed by atoms with E-state index in [2.05, 4.69) is 11.6 Å². The summed E-state index contributed by atoms with van der Waals surface area (Å²) in [5.74, 6) is 1.24. The molecule has 3 nitrogen and oxygen atoms in total. The van der Waals surface area contributed by atoms with Gasteiger partial charge in [-0.25, -0.2) is 4.79 Å². The normalized spacial score (nSPS) is 10.4. The fourth-order valence-corrected chi connectivity index (χ4v) is 1.66. The molecular weight excluding hydrogens is 210 g/mol. The number of nitrogens with one attached hydrogen (secondary N) is 1. The summed E-state index contributed by atoms with van der Waals surface area (Å²) in [4.78, 5) is 11.1. The van der Waals surface area contributed by atoms with Crippen LogP contribution in [0.25, 0.3) is 0 Å². The summed E-state index contributed by atoms with van der Waals surface area (Å²) >= 11 is 1.89. The lowest BCUT2D eigenvalue weighted by molar-refractivity contribution is 0.115. The number of carbonyl (C=O) groups is 1. The summed E-state index contributed by atoms with van der Waals surface area (Å²) in [5, 5.41) is 2.74. The Morgan fingerprint density at radius 1 is 1.27 bits per heavy atom. The molecule has 0 fully saturated rings. The van der Waals surface area contributed by atoms with Crippen LogP contribution in [0.3, 0.4) is 0 Å². The third-order valence-electron chi connectivity index (χ3n) is 1.89. The smallest absolute Gasteiger partial charge is 0.407 e. The van der Waals surface area contributed by atoms with Crippen molar-refractivity contribution in [3.63, 3.8) is 0 Å². The first-order chi connectivity index (χ1) is 7.16. The molecule has 0 rings (SSSR count). The summed E-state index contributed by atoms with van der Waals surface area (Å²) < 4.78 is 4.94. The van der Waals surface area contributed by atoms with Crippen molar-refractivity contribution in [3.05, 3.63) is 0 Å². The van der Waals surface area contributed by atoms with Crippen LogP contribution in [-0.4, -0.2) is 30.8 Å². The SMILES string of the molecule is CSCCCCCCNC(=O)OC(C)C. The van der Waals surface area contributed by atoms with Crippen LogP contribution in [0.1, 0.15) is 39.5 Å². The molecule has 0 heterocycles. The Balaban J connectivity index is 3.13. The molecule has 0 aliphatic rings. The molecule has 0 bridgehead atoms. The predicted octanol–water partition coefficient (Wildman–Crippen LogP) is 3.04. The highest BCUT2D eigenvalue weighted by molar-refractivity contribution is 7.98. The highest BCUT2D eigenvalue weighted by Crippen LogP contribution is 2.03. The lowest BCUT2D eigenvalue weighted by Crippen LogP contribution is -2.27. The van der Waals surface area contributed by atoms with Crippen LogP contribution in [-0.2, 0) is 4.74 Å². The summed E-state index contributed by atoms with van der Waals surface area (Å²) in [6.07, 6.45) is 6.55. The van der Waals surface area contributed by atoms with E-state index in [-0.39, 0.29) is 12.2 Å². The number of rotatable bonds is 8. The third-order valence-corrected chi connectivity index (χ3v) is 2.58. The quantitative estimate of drug-likeness (QED) is 0.655. The molecule has 0 aliphatic carbocycles. The predicted molar refractivity (Wildman–Crippen MR) is 66.5 cm³/mol. The standard InChI is InChI=1S/C11H23NO2S/c1-10(2)14-11(13)12-8-6-4-5-7-9-15-3/h10H,4-9H2,1-3H3,(H,12,13). The largest absolute Gasteiger partial charge is 0.447 e. The zero-order valence-electron chi connectivity index (χ0n) is 10.0. The molecule has 0 radical (unpaired) electrons. The number of hydrogen-bond donors (Lipinski definition) is 1. The molecule has 90 valence electrons. The number of hydrogen-bond acceptors (Lipinski definition) is 3. The van der Waals surface area contributed by atoms with Crippen LogP contribution < -0.4 is 5.32 Å². The monoisotopic (exact) mass is 233 g/mol. The van der Waals surface area contributed by atoms with Crippen molar-refractivity contribution in [2.45, 2.75) is 45.6 Å². The van der Waals surface area contributed by atoms with Gasteiger partial charge in [-0.1, -0.05) is 12.8 Å². The van der Waals surface area contributed by atoms with Gasteiger partial charge in [-0.2, -0.15) is 11.8 Å². The van der Waals surface area contributed by atoms with E-state index in [1.807, 2.05) is 25.6 Å². The zero-order chi connectivity index (χ0) is 11.5. The number of carbonyl (C=O) groups excluding carboxylic acids is 1. The van der Waals surface area contributed by atoms with Gasteiger partial charge in [0, 0.05) is 6.54 Å². The van der Waals surface area contributed by atoms with Gasteiger partial charge in [0.15, 0.2) is 0 Å². The van der Waals surface area contributed by atoms with Gasteiger partial charge in [-0.3, -0.25) is 0 Å². The van der Waals surface area contributed by atoms with Crippen molar-refractivity contribution >= 4 is 17.9 Å². The van der Waals surface area contributed by atoms with E-state index < -0.39 is 0 Å². The van der Waals surface area contributed by atoms with Crippen LogP contribution in [0, 0.1) is 0 Å². The topological polar surface area (TPSA) is 38.3 Å². The average Bonchev–Trinajstić information content (AvgIpc) is 2.15. The number of alkyl carbamates (subject to hydrolysis) is 1. The molecule has 1 N–H and O–H groups in total. The summed E-state index contributed by atoms with van der Waals surface area (Å²) in [5.41, 5.74) is 0. The van der Waals surface area contributed by atoms with Crippen molar-refractivity contribution in [1.82, 2.24) is 5.32 Å². The first-order valence-corrected chi connectivity index (χ1v) is 6.99. The molecule has 0 aromatic rings. The van der Waals surface area contributed by atoms with Crippen LogP contribution in [0.5, 0.6) is 0 Å². The Hall–Kier alpha value is -0.380. The van der Waals surface area contributed by atoms with Gasteiger partial charge in [0.2, 0.25) is 0 Å². The maximum absolute atomic E-state index is 11.1. The average molecular weight is 233 g/mol. The van der Waals surface area contributed by atoms with Crippen molar-refractivity contribution in [2.24, 2.45) is 0 Å². The molecule has 0 aromatic carbocycles. The highest BCUT2D eigenvalue weighted by Gasteiger charge is 2.02. The van der Waals surface area contributed by atoms with Crippen LogP contribution in [0.4, 0.5) is 4.79 Å². The van der Waals surface area contributed by atoms with Gasteiger partial charge in [-0.15, -0.1) is 0 Å². The third kappa shape index (κ3) is 11.5. The van der Waals surface area contributed by atoms with Crippen LogP contribution in [0.2, 0.25) is 0 Å². The Morgan fingerprint density at radius 3 is 2.53 bits per heavy atom. The maximum atomic E-state index is 11.1. The van der Waals surface area contributed by atoms with Crippen LogP contribution in [0.15, 0.2) is 0 Å². The fraction of sp³-hybridized carbons (Fsp3) is 0.909. The number of unbranched alkanes of at least 4 members (excludes halogenated alkanes) is 3. The van der Waals surface area contributed by atoms with E-state index in [1.165, 1.54) is 25.0 Å². The van der Waals surface area contributed by atoms with Gasteiger partial charge in [0.1, 0.15) is 0 Å². The number of ether oxygens (including phenoxy) is 1. The van der Waals surface area contributed by atoms with E-state index in [0.29, 0.717) is 0 Å². The Kier molecular flexibility index (Phi) is 9.89. The molecular formula is C11H23NO2S. The van der Waals surface area contributed by atoms with E-state index in [1.54, 1.807) is 0 Å². The second-order valence-electron chi connectivity index (χ2n) is 3.79. The molecule has 0 aromatic heterocycles. The Labute approximate surface area is 97.3 Å². The second-order valence-corrected chi connectivity index (χ2v) is 4.77. The number of thioether (sulfide) groups is 1. The molecule has 1 amide bonds. The lowest BCUT2D eigenvalue weighted by Gasteiger charge is -2.09. The highest BCUT2D eigenvalue weighted by atomic mass is 32.2. The molecule has 0 saturated carbocycles. The first kappa shape index (κ1) is 14.6. The summed E-state index contributed by atoms with van der Waals surface area (Å²) in [6.45, 7) is 4.43. The number of amides is 1. The molecule has 0 unspecified atom stereocenters. The molecule has 0 atom stereocenters. The van der Waals surface area contributed by atoms with E-state index >= 15 is 0 Å². The van der Waals surface area contributed by atoms with Gasteiger partial charge in [-0.05, 0) is 38.7 Å². The van der Waals surface area contributed by atoms with Gasteiger partial charge in [0.05, 0.1) is 6.10 Å². The second kappa shape index (κ2) is 10.1. The molecule has 15 heavy (non-hydrogen) atoms. The first-order valence-electron chi connectivity index (χ1n) is 5.60. The van der Waals surface area contributed by atoms with Crippen molar-refractivity contribution in [2.75, 3.05) is 18.6 Å². The maximum Gasteiger partial charge on any atom is 0.407 e. The summed E-state index contributed by atoms with van der Waals surface area (Å²) in [7, 11) is 0. The molecule has 4 heteroatoms. The lowest BCUT2D eigenvalue weighted by atomic mass is 10.2. The van der Waals surface area contributed by atoms with E-state index in [4.69, 9.17) is 4.74 Å². The van der Waals surface area contributed by atoms with Gasteiger partial charge < -0.3 is 10.1 Å². The Morgan fingerprint density at radius 2 is 1.93 bits per heavy atom. The van der Waals surface area contributed by atoms with E-state index in [9.17, 15) is 4.79 Å². The zero-order valence-corrected chi connectivity index (χ0v) is 10.9. The van der Waals surface area contributed by atoms with Crippen LogP contribution >= 0.6 is 11.8 Å². The fourth-order valence-electron chi connectivity index (χ4n) is 1.17.